The summed E-state index contributed by atoms with van der Waals surface area (Å²) in [7, 11) is -16.8. The SMILES string of the molecule is Nc1ccn([C@@H]2O[C@H](COP(=O)(OP(=O)(O)O)OP(=O)(O)O)[C@@H](O)[C@H]2O)c(=O)n1. The average molecular weight is 483 g/mol. The number of aromatic nitrogens is 2. The Hall–Kier alpha value is -1.03. The van der Waals surface area contributed by atoms with Gasteiger partial charge in [0.25, 0.3) is 0 Å². The third-order valence-electron chi connectivity index (χ3n) is 3.27. The number of rotatable bonds is 8. The van der Waals surface area contributed by atoms with E-state index in [1.165, 1.54) is 6.07 Å². The van der Waals surface area contributed by atoms with Crippen LogP contribution in [0.2, 0.25) is 0 Å². The Morgan fingerprint density at radius 3 is 2.14 bits per heavy atom. The first-order chi connectivity index (χ1) is 13.1. The molecule has 1 aromatic rings. The molecule has 0 aliphatic carbocycles. The predicted octanol–water partition coefficient (Wildman–Crippen LogP) is -2.21. The summed E-state index contributed by atoms with van der Waals surface area (Å²) >= 11 is 0. The van der Waals surface area contributed by atoms with Gasteiger partial charge in [0.1, 0.15) is 24.1 Å². The van der Waals surface area contributed by atoms with E-state index in [1.54, 1.807) is 0 Å². The van der Waals surface area contributed by atoms with Crippen LogP contribution in [0, 0.1) is 0 Å². The number of nitrogens with two attached hydrogens (primary N) is 1. The molecule has 0 bridgehead atoms. The van der Waals surface area contributed by atoms with Crippen molar-refractivity contribution in [2.45, 2.75) is 24.5 Å². The Labute approximate surface area is 160 Å². The van der Waals surface area contributed by atoms with Crippen molar-refractivity contribution in [2.24, 2.45) is 0 Å². The van der Waals surface area contributed by atoms with Crippen molar-refractivity contribution in [3.8, 4) is 0 Å². The Morgan fingerprint density at radius 1 is 1.10 bits per heavy atom. The molecule has 0 radical (unpaired) electrons. The van der Waals surface area contributed by atoms with Crippen LogP contribution >= 0.6 is 23.5 Å². The van der Waals surface area contributed by atoms with E-state index in [-0.39, 0.29) is 5.82 Å². The lowest BCUT2D eigenvalue weighted by Gasteiger charge is -2.21. The highest BCUT2D eigenvalue weighted by atomic mass is 31.3. The minimum Gasteiger partial charge on any atom is -0.387 e. The molecule has 0 amide bonds. The van der Waals surface area contributed by atoms with E-state index in [1.807, 2.05) is 0 Å². The van der Waals surface area contributed by atoms with Gasteiger partial charge in [-0.2, -0.15) is 13.6 Å². The quantitative estimate of drug-likeness (QED) is 0.193. The second-order valence-electron chi connectivity index (χ2n) is 5.48. The van der Waals surface area contributed by atoms with Gasteiger partial charge >= 0.3 is 29.2 Å². The standard InChI is InChI=1S/C9H16N3O14P3/c10-5-1-2-12(9(15)11-5)8-7(14)6(13)4(24-8)3-23-29(22,25-27(16,17)18)26-28(19,20)21/h1-2,4,6-8,13-14H,3H2,(H2,10,11,15)(H2,16,17,18)(H2,19,20,21)/t4-,6-,7-,8-/m1/s1. The van der Waals surface area contributed by atoms with Crippen molar-refractivity contribution in [3.63, 3.8) is 0 Å². The molecule has 0 spiro atoms. The Balaban J connectivity index is 2.17. The summed E-state index contributed by atoms with van der Waals surface area (Å²) in [6, 6.07) is 1.18. The first-order valence-electron chi connectivity index (χ1n) is 7.25. The number of nitrogen functional groups attached to an aromatic ring is 1. The van der Waals surface area contributed by atoms with Gasteiger partial charge in [0.05, 0.1) is 6.61 Å². The topological polar surface area (TPSA) is 270 Å². The van der Waals surface area contributed by atoms with Crippen LogP contribution in [0.3, 0.4) is 0 Å². The lowest BCUT2D eigenvalue weighted by atomic mass is 10.1. The molecule has 0 unspecified atom stereocenters. The number of hydrogen-bond donors (Lipinski definition) is 7. The van der Waals surface area contributed by atoms with E-state index in [2.05, 4.69) is 18.1 Å². The summed E-state index contributed by atoms with van der Waals surface area (Å²) in [5.74, 6) is -0.135. The molecule has 0 saturated carbocycles. The van der Waals surface area contributed by atoms with Gasteiger partial charge in [-0.05, 0) is 6.07 Å². The summed E-state index contributed by atoms with van der Waals surface area (Å²) < 4.78 is 51.5. The number of hydrogen-bond acceptors (Lipinski definition) is 12. The van der Waals surface area contributed by atoms with E-state index in [0.29, 0.717) is 0 Å². The zero-order chi connectivity index (χ0) is 22.2. The smallest absolute Gasteiger partial charge is 0.387 e. The van der Waals surface area contributed by atoms with Crippen LogP contribution in [0.15, 0.2) is 17.1 Å². The molecule has 4 atom stereocenters. The van der Waals surface area contributed by atoms with Crippen molar-refractivity contribution >= 4 is 29.3 Å². The van der Waals surface area contributed by atoms with Gasteiger partial charge in [0.2, 0.25) is 0 Å². The summed E-state index contributed by atoms with van der Waals surface area (Å²) in [6.07, 6.45) is -5.59. The summed E-state index contributed by atoms with van der Waals surface area (Å²) in [6.45, 7) is -1.09. The summed E-state index contributed by atoms with van der Waals surface area (Å²) in [4.78, 5) is 50.0. The third kappa shape index (κ3) is 6.73. The first kappa shape index (κ1) is 24.2. The van der Waals surface area contributed by atoms with Gasteiger partial charge < -0.3 is 40.3 Å². The number of anilines is 1. The van der Waals surface area contributed by atoms with E-state index in [9.17, 15) is 28.7 Å². The molecule has 1 aliphatic rings. The maximum absolute atomic E-state index is 12.1. The molecule has 1 aliphatic heterocycles. The minimum atomic E-state index is -5.61. The lowest BCUT2D eigenvalue weighted by Crippen LogP contribution is -2.36. The second kappa shape index (κ2) is 8.61. The maximum atomic E-state index is 12.1. The van der Waals surface area contributed by atoms with Crippen molar-refractivity contribution < 1.29 is 61.4 Å². The van der Waals surface area contributed by atoms with Crippen LogP contribution in [0.25, 0.3) is 0 Å². The zero-order valence-corrected chi connectivity index (χ0v) is 16.6. The van der Waals surface area contributed by atoms with Crippen LogP contribution in [0.5, 0.6) is 0 Å². The van der Waals surface area contributed by atoms with Crippen molar-refractivity contribution in [2.75, 3.05) is 12.3 Å². The first-order valence-corrected chi connectivity index (χ1v) is 11.8. The van der Waals surface area contributed by atoms with Gasteiger partial charge in [-0.1, -0.05) is 0 Å². The maximum Gasteiger partial charge on any atom is 0.492 e. The molecule has 1 aromatic heterocycles. The van der Waals surface area contributed by atoms with E-state index in [0.717, 1.165) is 10.8 Å². The number of phosphoric acid groups is 3. The highest BCUT2D eigenvalue weighted by Gasteiger charge is 2.48. The van der Waals surface area contributed by atoms with Gasteiger partial charge in [0.15, 0.2) is 6.23 Å². The zero-order valence-electron chi connectivity index (χ0n) is 13.9. The van der Waals surface area contributed by atoms with Crippen molar-refractivity contribution in [1.29, 1.82) is 0 Å². The van der Waals surface area contributed by atoms with E-state index in [4.69, 9.17) is 30.0 Å². The van der Waals surface area contributed by atoms with Crippen LogP contribution in [-0.2, 0) is 31.6 Å². The van der Waals surface area contributed by atoms with Gasteiger partial charge in [-0.25, -0.2) is 18.5 Å². The Kier molecular flexibility index (Phi) is 7.20. The van der Waals surface area contributed by atoms with Crippen LogP contribution < -0.4 is 11.4 Å². The fourth-order valence-corrected chi connectivity index (χ4v) is 5.38. The largest absolute Gasteiger partial charge is 0.492 e. The Bertz CT molecular complexity index is 912. The van der Waals surface area contributed by atoms with Crippen LogP contribution in [0.1, 0.15) is 6.23 Å². The lowest BCUT2D eigenvalue weighted by molar-refractivity contribution is -0.0540. The molecular formula is C9H16N3O14P3. The minimum absolute atomic E-state index is 0.135. The normalized spacial score (nSPS) is 26.0. The number of aliphatic hydroxyl groups is 2. The summed E-state index contributed by atoms with van der Waals surface area (Å²) in [5.41, 5.74) is 4.37. The molecule has 17 nitrogen and oxygen atoms in total. The highest BCUT2D eigenvalue weighted by Crippen LogP contribution is 2.67. The molecule has 0 aromatic carbocycles. The fourth-order valence-electron chi connectivity index (χ4n) is 2.20. The molecule has 8 N–H and O–H groups in total. The summed E-state index contributed by atoms with van der Waals surface area (Å²) in [5, 5.41) is 20.1. The second-order valence-corrected chi connectivity index (χ2v) is 9.90. The number of nitrogens with zero attached hydrogens (tertiary/aromatic N) is 2. The Morgan fingerprint density at radius 2 is 1.66 bits per heavy atom. The monoisotopic (exact) mass is 483 g/mol. The van der Waals surface area contributed by atoms with E-state index >= 15 is 0 Å². The third-order valence-corrected chi connectivity index (χ3v) is 7.04. The number of aliphatic hydroxyl groups excluding tert-OH is 2. The molecule has 2 rings (SSSR count). The molecule has 1 fully saturated rings. The van der Waals surface area contributed by atoms with Gasteiger partial charge in [-0.15, -0.1) is 0 Å². The molecule has 1 saturated heterocycles. The predicted molar refractivity (Wildman–Crippen MR) is 88.6 cm³/mol. The average Bonchev–Trinajstić information content (AvgIpc) is 2.77. The molecule has 2 heterocycles. The van der Waals surface area contributed by atoms with Gasteiger partial charge in [0, 0.05) is 6.20 Å². The van der Waals surface area contributed by atoms with Crippen LogP contribution in [0.4, 0.5) is 5.82 Å². The molecule has 20 heteroatoms. The fraction of sp³-hybridized carbons (Fsp3) is 0.556. The number of ether oxygens (including phenoxy) is 1. The molecule has 166 valence electrons. The molecular weight excluding hydrogens is 467 g/mol. The van der Waals surface area contributed by atoms with Crippen molar-refractivity contribution in [1.82, 2.24) is 9.55 Å². The van der Waals surface area contributed by atoms with Gasteiger partial charge in [-0.3, -0.25) is 9.09 Å². The van der Waals surface area contributed by atoms with Crippen LogP contribution in [-0.4, -0.2) is 64.3 Å². The van der Waals surface area contributed by atoms with E-state index < -0.39 is 60.3 Å². The van der Waals surface area contributed by atoms with Crippen molar-refractivity contribution in [3.05, 3.63) is 22.7 Å². The highest BCUT2D eigenvalue weighted by molar-refractivity contribution is 7.66. The molecule has 29 heavy (non-hydrogen) atoms.